The fraction of sp³-hybridized carbons (Fsp3) is 0.529. The van der Waals surface area contributed by atoms with Crippen molar-refractivity contribution in [3.8, 4) is 11.5 Å². The topological polar surface area (TPSA) is 61.7 Å². The maximum Gasteiger partial charge on any atom is 0.162 e. The van der Waals surface area contributed by atoms with Crippen LogP contribution in [0.5, 0.6) is 11.5 Å². The third kappa shape index (κ3) is 2.36. The highest BCUT2D eigenvalue weighted by atomic mass is 79.9. The number of phenolic OH excluding ortho intramolecular Hbond substituents is 1. The average molecular weight is 368 g/mol. The fourth-order valence-electron chi connectivity index (χ4n) is 3.88. The van der Waals surface area contributed by atoms with E-state index in [9.17, 15) is 10.2 Å². The van der Waals surface area contributed by atoms with E-state index in [0.717, 1.165) is 28.6 Å². The number of phenols is 1. The van der Waals surface area contributed by atoms with E-state index < -0.39 is 6.10 Å². The Bertz CT molecular complexity index is 616. The molecule has 22 heavy (non-hydrogen) atoms. The van der Waals surface area contributed by atoms with Gasteiger partial charge in [0.25, 0.3) is 0 Å². The molecule has 0 radical (unpaired) electrons. The number of fused-ring (bicyclic) bond motifs is 2. The smallest absolute Gasteiger partial charge is 0.162 e. The van der Waals surface area contributed by atoms with Crippen molar-refractivity contribution in [1.82, 2.24) is 5.32 Å². The minimum absolute atomic E-state index is 0.220. The second-order valence-corrected chi connectivity index (χ2v) is 7.15. The summed E-state index contributed by atoms with van der Waals surface area (Å²) in [6.45, 7) is 3.72. The molecule has 0 amide bonds. The second kappa shape index (κ2) is 5.87. The van der Waals surface area contributed by atoms with Crippen LogP contribution in [0.25, 0.3) is 0 Å². The molecule has 0 saturated carbocycles. The van der Waals surface area contributed by atoms with Gasteiger partial charge in [-0.3, -0.25) is 0 Å². The Morgan fingerprint density at radius 1 is 1.45 bits per heavy atom. The van der Waals surface area contributed by atoms with Crippen molar-refractivity contribution in [2.75, 3.05) is 13.7 Å². The highest BCUT2D eigenvalue weighted by Crippen LogP contribution is 2.52. The van der Waals surface area contributed by atoms with Crippen LogP contribution in [0, 0.1) is 5.92 Å². The molecule has 4 nitrogen and oxygen atoms in total. The monoisotopic (exact) mass is 367 g/mol. The summed E-state index contributed by atoms with van der Waals surface area (Å²) in [6, 6.07) is 1.82. The second-order valence-electron chi connectivity index (χ2n) is 6.29. The lowest BCUT2D eigenvalue weighted by molar-refractivity contribution is 0.148. The van der Waals surface area contributed by atoms with Gasteiger partial charge in [0.1, 0.15) is 0 Å². The Kier molecular flexibility index (Phi) is 4.23. The molecule has 0 saturated heterocycles. The lowest BCUT2D eigenvalue weighted by Gasteiger charge is -2.41. The first-order valence-corrected chi connectivity index (χ1v) is 8.46. The summed E-state index contributed by atoms with van der Waals surface area (Å²) in [4.78, 5) is 0. The van der Waals surface area contributed by atoms with Crippen LogP contribution in [-0.4, -0.2) is 30.0 Å². The first kappa shape index (κ1) is 15.8. The van der Waals surface area contributed by atoms with Crippen molar-refractivity contribution in [3.05, 3.63) is 33.8 Å². The van der Waals surface area contributed by atoms with Gasteiger partial charge in [-0.15, -0.1) is 0 Å². The van der Waals surface area contributed by atoms with Crippen LogP contribution < -0.4 is 10.1 Å². The molecular weight excluding hydrogens is 346 g/mol. The molecule has 0 fully saturated rings. The van der Waals surface area contributed by atoms with E-state index in [0.29, 0.717) is 18.7 Å². The number of hydrogen-bond acceptors (Lipinski definition) is 4. The summed E-state index contributed by atoms with van der Waals surface area (Å²) < 4.78 is 6.29. The first-order chi connectivity index (χ1) is 10.5. The van der Waals surface area contributed by atoms with Gasteiger partial charge in [-0.2, -0.15) is 0 Å². The van der Waals surface area contributed by atoms with E-state index in [4.69, 9.17) is 4.74 Å². The van der Waals surface area contributed by atoms with Crippen molar-refractivity contribution in [2.45, 2.75) is 37.8 Å². The molecule has 1 aliphatic carbocycles. The van der Waals surface area contributed by atoms with E-state index in [1.165, 1.54) is 0 Å². The van der Waals surface area contributed by atoms with Gasteiger partial charge in [0.05, 0.1) is 13.2 Å². The predicted octanol–water partition coefficient (Wildman–Crippen LogP) is 2.85. The zero-order valence-corrected chi connectivity index (χ0v) is 14.5. The third-order valence-electron chi connectivity index (χ3n) is 5.11. The van der Waals surface area contributed by atoms with Crippen LogP contribution in [0.4, 0.5) is 0 Å². The molecule has 0 bridgehead atoms. The number of aliphatic hydroxyl groups is 1. The predicted molar refractivity (Wildman–Crippen MR) is 89.3 cm³/mol. The Morgan fingerprint density at radius 2 is 2.23 bits per heavy atom. The van der Waals surface area contributed by atoms with Gasteiger partial charge in [0.15, 0.2) is 11.5 Å². The van der Waals surface area contributed by atoms with Crippen molar-refractivity contribution in [3.63, 3.8) is 0 Å². The summed E-state index contributed by atoms with van der Waals surface area (Å²) in [5.41, 5.74) is 1.72. The van der Waals surface area contributed by atoms with Crippen LogP contribution in [0.15, 0.2) is 22.7 Å². The van der Waals surface area contributed by atoms with Gasteiger partial charge in [0, 0.05) is 22.0 Å². The molecule has 1 aliphatic heterocycles. The Morgan fingerprint density at radius 3 is 2.91 bits per heavy atom. The van der Waals surface area contributed by atoms with Crippen molar-refractivity contribution < 1.29 is 14.9 Å². The number of ether oxygens (including phenoxy) is 1. The average Bonchev–Trinajstić information content (AvgIpc) is 2.68. The molecule has 5 heteroatoms. The van der Waals surface area contributed by atoms with E-state index in [1.54, 1.807) is 7.11 Å². The van der Waals surface area contributed by atoms with Gasteiger partial charge in [0.2, 0.25) is 0 Å². The SMILES string of the molecule is COc1cc(Br)c2c(c1O)C1(C=CC(O)CC1C)CCNC2. The number of allylic oxidation sites excluding steroid dienone is 1. The Balaban J connectivity index is 2.28. The third-order valence-corrected chi connectivity index (χ3v) is 5.82. The van der Waals surface area contributed by atoms with Gasteiger partial charge < -0.3 is 20.3 Å². The summed E-state index contributed by atoms with van der Waals surface area (Å²) in [5.74, 6) is 0.937. The number of nitrogens with one attached hydrogen (secondary N) is 1. The van der Waals surface area contributed by atoms with Crippen LogP contribution in [0.3, 0.4) is 0 Å². The van der Waals surface area contributed by atoms with Crippen LogP contribution in [0.2, 0.25) is 0 Å². The Labute approximate surface area is 139 Å². The van der Waals surface area contributed by atoms with E-state index >= 15 is 0 Å². The van der Waals surface area contributed by atoms with E-state index in [2.05, 4.69) is 34.2 Å². The largest absolute Gasteiger partial charge is 0.504 e. The maximum atomic E-state index is 10.8. The summed E-state index contributed by atoms with van der Waals surface area (Å²) in [6.07, 6.45) is 5.13. The molecule has 3 atom stereocenters. The Hall–Kier alpha value is -1.04. The van der Waals surface area contributed by atoms with Crippen molar-refractivity contribution in [1.29, 1.82) is 0 Å². The van der Waals surface area contributed by atoms with Gasteiger partial charge >= 0.3 is 0 Å². The van der Waals surface area contributed by atoms with E-state index in [1.807, 2.05) is 12.1 Å². The van der Waals surface area contributed by atoms with Crippen molar-refractivity contribution >= 4 is 15.9 Å². The van der Waals surface area contributed by atoms with Gasteiger partial charge in [-0.05, 0) is 36.9 Å². The molecule has 3 unspecified atom stereocenters. The first-order valence-electron chi connectivity index (χ1n) is 7.66. The van der Waals surface area contributed by atoms with Crippen LogP contribution in [0.1, 0.15) is 30.9 Å². The van der Waals surface area contributed by atoms with E-state index in [-0.39, 0.29) is 17.1 Å². The quantitative estimate of drug-likeness (QED) is 0.668. The molecule has 3 rings (SSSR count). The number of halogens is 1. The number of aromatic hydroxyl groups is 1. The molecule has 3 N–H and O–H groups in total. The molecule has 120 valence electrons. The van der Waals surface area contributed by atoms with Crippen molar-refractivity contribution in [2.24, 2.45) is 5.92 Å². The maximum absolute atomic E-state index is 10.8. The molecule has 1 aromatic rings. The minimum atomic E-state index is -0.406. The fourth-order valence-corrected chi connectivity index (χ4v) is 4.42. The number of hydrogen-bond donors (Lipinski definition) is 3. The zero-order chi connectivity index (χ0) is 15.9. The lowest BCUT2D eigenvalue weighted by Crippen LogP contribution is -2.38. The molecule has 1 spiro atoms. The molecule has 0 aromatic heterocycles. The molecular formula is C17H22BrNO3. The number of rotatable bonds is 1. The van der Waals surface area contributed by atoms with Crippen LogP contribution in [-0.2, 0) is 12.0 Å². The lowest BCUT2D eigenvalue weighted by atomic mass is 9.63. The summed E-state index contributed by atoms with van der Waals surface area (Å²) in [5, 5.41) is 24.2. The minimum Gasteiger partial charge on any atom is -0.504 e. The molecule has 1 aromatic carbocycles. The molecule has 2 aliphatic rings. The normalized spacial score (nSPS) is 30.9. The number of methoxy groups -OCH3 is 1. The summed E-state index contributed by atoms with van der Waals surface area (Å²) >= 11 is 3.62. The van der Waals surface area contributed by atoms with Crippen LogP contribution >= 0.6 is 15.9 Å². The van der Waals surface area contributed by atoms with Gasteiger partial charge in [-0.25, -0.2) is 0 Å². The summed E-state index contributed by atoms with van der Waals surface area (Å²) in [7, 11) is 1.57. The standard InChI is InChI=1S/C17H22BrNO3/c1-10-7-11(20)3-4-17(10)5-6-19-9-12-13(18)8-14(22-2)16(21)15(12)17/h3-4,8,10-11,19-21H,5-7,9H2,1-2H3. The zero-order valence-electron chi connectivity index (χ0n) is 12.9. The highest BCUT2D eigenvalue weighted by molar-refractivity contribution is 9.10. The molecule has 1 heterocycles. The number of aliphatic hydroxyl groups excluding tert-OH is 1. The highest BCUT2D eigenvalue weighted by Gasteiger charge is 2.44. The number of benzene rings is 1. The van der Waals surface area contributed by atoms with Gasteiger partial charge in [-0.1, -0.05) is 35.0 Å².